The second-order valence-electron chi connectivity index (χ2n) is 6.35. The lowest BCUT2D eigenvalue weighted by Crippen LogP contribution is -2.45. The molecule has 1 aromatic carbocycles. The average molecular weight is 374 g/mol. The minimum atomic E-state index is -3.73. The summed E-state index contributed by atoms with van der Waals surface area (Å²) in [5.74, 6) is 0. The summed E-state index contributed by atoms with van der Waals surface area (Å²) in [6.45, 7) is 1.66. The van der Waals surface area contributed by atoms with E-state index in [1.165, 1.54) is 32.9 Å². The van der Waals surface area contributed by atoms with E-state index in [1.54, 1.807) is 0 Å². The molecule has 2 aliphatic heterocycles. The van der Waals surface area contributed by atoms with E-state index < -0.39 is 20.0 Å². The van der Waals surface area contributed by atoms with Gasteiger partial charge in [-0.05, 0) is 43.9 Å². The predicted octanol–water partition coefficient (Wildman–Crippen LogP) is 0.583. The van der Waals surface area contributed by atoms with Crippen LogP contribution < -0.4 is 5.73 Å². The summed E-state index contributed by atoms with van der Waals surface area (Å²) in [5, 5.41) is 0. The number of benzene rings is 1. The molecule has 1 atom stereocenters. The number of hydrogen-bond donors (Lipinski definition) is 1. The van der Waals surface area contributed by atoms with Gasteiger partial charge in [0.1, 0.15) is 0 Å². The minimum absolute atomic E-state index is 0.0110. The van der Waals surface area contributed by atoms with Crippen molar-refractivity contribution < 1.29 is 16.8 Å². The third-order valence-electron chi connectivity index (χ3n) is 4.57. The number of sulfonamides is 2. The van der Waals surface area contributed by atoms with Crippen molar-refractivity contribution in [2.24, 2.45) is 5.73 Å². The number of nitrogens with two attached hydrogens (primary N) is 1. The van der Waals surface area contributed by atoms with Gasteiger partial charge in [0.15, 0.2) is 0 Å². The summed E-state index contributed by atoms with van der Waals surface area (Å²) in [7, 11) is -7.37. The Morgan fingerprint density at radius 3 is 2.00 bits per heavy atom. The Bertz CT molecular complexity index is 802. The SMILES string of the molecule is NC1CCCN(S(=O)(=O)c2cccc(S(=O)(=O)N3CCCC3)c2)C1. The number of hydrogen-bond acceptors (Lipinski definition) is 5. The van der Waals surface area contributed by atoms with Crippen molar-refractivity contribution in [1.29, 1.82) is 0 Å². The van der Waals surface area contributed by atoms with Crippen LogP contribution in [0.1, 0.15) is 25.7 Å². The highest BCUT2D eigenvalue weighted by atomic mass is 32.2. The highest BCUT2D eigenvalue weighted by Crippen LogP contribution is 2.25. The summed E-state index contributed by atoms with van der Waals surface area (Å²) in [6, 6.07) is 5.47. The van der Waals surface area contributed by atoms with E-state index >= 15 is 0 Å². The molecule has 0 radical (unpaired) electrons. The third kappa shape index (κ3) is 3.36. The molecule has 1 aromatic rings. The molecule has 2 aliphatic rings. The Morgan fingerprint density at radius 1 is 0.875 bits per heavy atom. The van der Waals surface area contributed by atoms with Gasteiger partial charge in [0.25, 0.3) is 0 Å². The molecule has 0 spiro atoms. The number of piperidine rings is 1. The minimum Gasteiger partial charge on any atom is -0.327 e. The Morgan fingerprint density at radius 2 is 1.42 bits per heavy atom. The Balaban J connectivity index is 1.92. The van der Waals surface area contributed by atoms with Crippen molar-refractivity contribution >= 4 is 20.0 Å². The van der Waals surface area contributed by atoms with Crippen LogP contribution in [-0.2, 0) is 20.0 Å². The van der Waals surface area contributed by atoms with Gasteiger partial charge in [-0.15, -0.1) is 0 Å². The fraction of sp³-hybridized carbons (Fsp3) is 0.600. The summed E-state index contributed by atoms with van der Waals surface area (Å²) in [4.78, 5) is 0.0451. The van der Waals surface area contributed by atoms with Crippen molar-refractivity contribution in [2.45, 2.75) is 41.5 Å². The second-order valence-corrected chi connectivity index (χ2v) is 10.2. The van der Waals surface area contributed by atoms with E-state index in [-0.39, 0.29) is 22.4 Å². The van der Waals surface area contributed by atoms with Crippen LogP contribution in [0.25, 0.3) is 0 Å². The van der Waals surface area contributed by atoms with E-state index in [4.69, 9.17) is 5.73 Å². The van der Waals surface area contributed by atoms with Crippen LogP contribution in [0.2, 0.25) is 0 Å². The smallest absolute Gasteiger partial charge is 0.243 e. The van der Waals surface area contributed by atoms with E-state index in [0.717, 1.165) is 19.3 Å². The van der Waals surface area contributed by atoms with Gasteiger partial charge in [0.2, 0.25) is 20.0 Å². The van der Waals surface area contributed by atoms with Gasteiger partial charge >= 0.3 is 0 Å². The molecule has 2 saturated heterocycles. The first-order chi connectivity index (χ1) is 11.3. The zero-order valence-corrected chi connectivity index (χ0v) is 15.1. The number of rotatable bonds is 4. The normalized spacial score (nSPS) is 24.3. The highest BCUT2D eigenvalue weighted by molar-refractivity contribution is 7.90. The Labute approximate surface area is 143 Å². The lowest BCUT2D eigenvalue weighted by atomic mass is 10.1. The van der Waals surface area contributed by atoms with Gasteiger partial charge < -0.3 is 5.73 Å². The standard InChI is InChI=1S/C15H23N3O4S2/c16-13-5-4-10-18(12-13)24(21,22)15-7-3-6-14(11-15)23(19,20)17-8-1-2-9-17/h3,6-7,11,13H,1-2,4-5,8-10,12,16H2. The summed E-state index contributed by atoms with van der Waals surface area (Å²) in [6.07, 6.45) is 3.19. The van der Waals surface area contributed by atoms with Crippen molar-refractivity contribution in [1.82, 2.24) is 8.61 Å². The third-order valence-corrected chi connectivity index (χ3v) is 8.32. The average Bonchev–Trinajstić information content (AvgIpc) is 3.10. The molecule has 2 fully saturated rings. The van der Waals surface area contributed by atoms with Crippen LogP contribution in [0.5, 0.6) is 0 Å². The first-order valence-electron chi connectivity index (χ1n) is 8.18. The maximum Gasteiger partial charge on any atom is 0.243 e. The maximum atomic E-state index is 12.8. The molecule has 7 nitrogen and oxygen atoms in total. The molecule has 3 rings (SSSR count). The van der Waals surface area contributed by atoms with Gasteiger partial charge in [0.05, 0.1) is 9.79 Å². The molecule has 1 unspecified atom stereocenters. The van der Waals surface area contributed by atoms with Gasteiger partial charge in [-0.3, -0.25) is 0 Å². The molecule has 0 amide bonds. The molecule has 9 heteroatoms. The predicted molar refractivity (Wildman–Crippen MR) is 90.4 cm³/mol. The highest BCUT2D eigenvalue weighted by Gasteiger charge is 2.31. The molecule has 0 bridgehead atoms. The van der Waals surface area contributed by atoms with Crippen molar-refractivity contribution in [2.75, 3.05) is 26.2 Å². The molecular formula is C15H23N3O4S2. The number of nitrogens with zero attached hydrogens (tertiary/aromatic N) is 2. The molecular weight excluding hydrogens is 350 g/mol. The molecule has 0 aliphatic carbocycles. The fourth-order valence-corrected chi connectivity index (χ4v) is 6.43. The first kappa shape index (κ1) is 17.8. The Hall–Kier alpha value is -1.00. The van der Waals surface area contributed by atoms with Gasteiger partial charge in [-0.25, -0.2) is 16.8 Å². The largest absolute Gasteiger partial charge is 0.327 e. The van der Waals surface area contributed by atoms with Crippen molar-refractivity contribution in [3.8, 4) is 0 Å². The van der Waals surface area contributed by atoms with E-state index in [1.807, 2.05) is 0 Å². The lowest BCUT2D eigenvalue weighted by molar-refractivity contribution is 0.316. The lowest BCUT2D eigenvalue weighted by Gasteiger charge is -2.30. The van der Waals surface area contributed by atoms with Crippen LogP contribution in [-0.4, -0.2) is 57.7 Å². The second kappa shape index (κ2) is 6.72. The van der Waals surface area contributed by atoms with Gasteiger partial charge in [0, 0.05) is 32.2 Å². The summed E-state index contributed by atoms with van der Waals surface area (Å²) < 4.78 is 53.6. The zero-order chi connectivity index (χ0) is 17.4. The van der Waals surface area contributed by atoms with E-state index in [0.29, 0.717) is 26.1 Å². The van der Waals surface area contributed by atoms with Crippen LogP contribution >= 0.6 is 0 Å². The van der Waals surface area contributed by atoms with Crippen LogP contribution in [0, 0.1) is 0 Å². The quantitative estimate of drug-likeness (QED) is 0.832. The fourth-order valence-electron chi connectivity index (χ4n) is 3.21. The van der Waals surface area contributed by atoms with Crippen LogP contribution in [0.3, 0.4) is 0 Å². The summed E-state index contributed by atoms with van der Waals surface area (Å²) >= 11 is 0. The molecule has 2 heterocycles. The molecule has 2 N–H and O–H groups in total. The Kier molecular flexibility index (Phi) is 4.99. The van der Waals surface area contributed by atoms with Gasteiger partial charge in [-0.2, -0.15) is 8.61 Å². The monoisotopic (exact) mass is 373 g/mol. The zero-order valence-electron chi connectivity index (χ0n) is 13.5. The molecule has 0 saturated carbocycles. The summed E-state index contributed by atoms with van der Waals surface area (Å²) in [5.41, 5.74) is 5.87. The van der Waals surface area contributed by atoms with E-state index in [2.05, 4.69) is 0 Å². The van der Waals surface area contributed by atoms with Crippen molar-refractivity contribution in [3.63, 3.8) is 0 Å². The maximum absolute atomic E-state index is 12.8. The van der Waals surface area contributed by atoms with Crippen LogP contribution in [0.4, 0.5) is 0 Å². The van der Waals surface area contributed by atoms with E-state index in [9.17, 15) is 16.8 Å². The van der Waals surface area contributed by atoms with Crippen molar-refractivity contribution in [3.05, 3.63) is 24.3 Å². The molecule has 134 valence electrons. The first-order valence-corrected chi connectivity index (χ1v) is 11.1. The molecule has 0 aromatic heterocycles. The van der Waals surface area contributed by atoms with Gasteiger partial charge in [-0.1, -0.05) is 6.07 Å². The van der Waals surface area contributed by atoms with Crippen LogP contribution in [0.15, 0.2) is 34.1 Å². The topological polar surface area (TPSA) is 101 Å². The molecule has 24 heavy (non-hydrogen) atoms.